The summed E-state index contributed by atoms with van der Waals surface area (Å²) >= 11 is 0. The van der Waals surface area contributed by atoms with Crippen molar-refractivity contribution < 1.29 is 4.39 Å². The standard InChI is InChI=1S/C47H36FN5/c1-47(2)36-18-7-9-20-39(36)52(33-16-5-4-6-17-33)43-29-42-35(28-37(43)47)34-24-23-31(27-41(34)53(42)44-22-11-12-25-49-44)45(48)30-14-13-15-32(26-30)46-50-38-19-8-10-21-40(38)51(46)3/h4-29,45H,1-3H3. The lowest BCUT2D eigenvalue weighted by molar-refractivity contribution is 0.402. The quantitative estimate of drug-likeness (QED) is 0.181. The molecular weight excluding hydrogens is 654 g/mol. The van der Waals surface area contributed by atoms with Gasteiger partial charge in [-0.25, -0.2) is 14.4 Å². The highest BCUT2D eigenvalue weighted by Gasteiger charge is 2.37. The van der Waals surface area contributed by atoms with Crippen LogP contribution in [0.25, 0.3) is 50.0 Å². The molecule has 0 fully saturated rings. The minimum Gasteiger partial charge on any atom is -0.327 e. The van der Waals surface area contributed by atoms with Crippen molar-refractivity contribution in [2.75, 3.05) is 4.90 Å². The zero-order chi connectivity index (χ0) is 35.8. The molecule has 5 nitrogen and oxygen atoms in total. The highest BCUT2D eigenvalue weighted by atomic mass is 19.1. The molecule has 6 heteroatoms. The summed E-state index contributed by atoms with van der Waals surface area (Å²) in [4.78, 5) is 12.1. The van der Waals surface area contributed by atoms with Gasteiger partial charge in [0, 0.05) is 40.7 Å². The van der Waals surface area contributed by atoms with Crippen LogP contribution in [-0.4, -0.2) is 19.1 Å². The number of anilines is 3. The van der Waals surface area contributed by atoms with Gasteiger partial charge in [-0.15, -0.1) is 0 Å². The summed E-state index contributed by atoms with van der Waals surface area (Å²) in [7, 11) is 2.01. The number of alkyl halides is 1. The number of rotatable bonds is 5. The van der Waals surface area contributed by atoms with Crippen molar-refractivity contribution in [2.24, 2.45) is 7.05 Å². The Labute approximate surface area is 307 Å². The number of fused-ring (bicyclic) bond motifs is 6. The average molecular weight is 690 g/mol. The number of hydrogen-bond donors (Lipinski definition) is 0. The van der Waals surface area contributed by atoms with E-state index in [4.69, 9.17) is 9.97 Å². The molecule has 0 bridgehead atoms. The summed E-state index contributed by atoms with van der Waals surface area (Å²) in [5, 5.41) is 2.16. The monoisotopic (exact) mass is 689 g/mol. The Morgan fingerprint density at radius 2 is 1.36 bits per heavy atom. The van der Waals surface area contributed by atoms with Gasteiger partial charge < -0.3 is 9.47 Å². The molecule has 1 atom stereocenters. The van der Waals surface area contributed by atoms with Crippen molar-refractivity contribution in [3.8, 4) is 17.2 Å². The molecule has 9 aromatic rings. The Hall–Kier alpha value is -6.53. The summed E-state index contributed by atoms with van der Waals surface area (Å²) in [5.41, 5.74) is 11.6. The second-order valence-electron chi connectivity index (χ2n) is 14.5. The zero-order valence-electron chi connectivity index (χ0n) is 29.7. The second-order valence-corrected chi connectivity index (χ2v) is 14.5. The number of aryl methyl sites for hydroxylation is 1. The van der Waals surface area contributed by atoms with Crippen molar-refractivity contribution in [1.82, 2.24) is 19.1 Å². The van der Waals surface area contributed by atoms with E-state index in [0.29, 0.717) is 11.1 Å². The number of hydrogen-bond acceptors (Lipinski definition) is 3. The van der Waals surface area contributed by atoms with Gasteiger partial charge in [0.15, 0.2) is 6.17 Å². The van der Waals surface area contributed by atoms with Crippen LogP contribution in [-0.2, 0) is 12.5 Å². The molecule has 256 valence electrons. The molecule has 3 aromatic heterocycles. The number of pyridine rings is 1. The highest BCUT2D eigenvalue weighted by molar-refractivity contribution is 6.11. The Kier molecular flexibility index (Phi) is 6.92. The van der Waals surface area contributed by atoms with E-state index in [1.54, 1.807) is 0 Å². The van der Waals surface area contributed by atoms with Gasteiger partial charge in [0.25, 0.3) is 0 Å². The summed E-state index contributed by atoms with van der Waals surface area (Å²) < 4.78 is 21.1. The first-order chi connectivity index (χ1) is 25.9. The largest absolute Gasteiger partial charge is 0.327 e. The molecule has 10 rings (SSSR count). The lowest BCUT2D eigenvalue weighted by Crippen LogP contribution is -2.30. The maximum absolute atomic E-state index is 16.9. The van der Waals surface area contributed by atoms with Crippen LogP contribution in [0.3, 0.4) is 0 Å². The molecule has 0 saturated heterocycles. The van der Waals surface area contributed by atoms with Crippen LogP contribution in [0.4, 0.5) is 21.5 Å². The highest BCUT2D eigenvalue weighted by Crippen LogP contribution is 2.53. The van der Waals surface area contributed by atoms with Crippen molar-refractivity contribution in [3.63, 3.8) is 0 Å². The fourth-order valence-electron chi connectivity index (χ4n) is 8.40. The van der Waals surface area contributed by atoms with Crippen molar-refractivity contribution in [3.05, 3.63) is 180 Å². The number of para-hydroxylation sites is 4. The lowest BCUT2D eigenvalue weighted by Gasteiger charge is -2.42. The Balaban J connectivity index is 1.17. The summed E-state index contributed by atoms with van der Waals surface area (Å²) in [5.74, 6) is 1.59. The van der Waals surface area contributed by atoms with Gasteiger partial charge in [-0.05, 0) is 89.0 Å². The number of halogens is 1. The Morgan fingerprint density at radius 3 is 2.19 bits per heavy atom. The van der Waals surface area contributed by atoms with E-state index in [-0.39, 0.29) is 5.41 Å². The predicted molar refractivity (Wildman–Crippen MR) is 214 cm³/mol. The SMILES string of the molecule is Cn1c(-c2cccc(C(F)c3ccc4c5cc6c(cc5n(-c5ccccn5)c4c3)N(c3ccccc3)c3ccccc3C6(C)C)c2)nc2ccccc21. The number of benzene rings is 6. The third-order valence-electron chi connectivity index (χ3n) is 11.1. The number of aromatic nitrogens is 4. The molecule has 1 unspecified atom stereocenters. The van der Waals surface area contributed by atoms with Crippen LogP contribution < -0.4 is 4.90 Å². The van der Waals surface area contributed by atoms with Gasteiger partial charge in [-0.2, -0.15) is 0 Å². The smallest absolute Gasteiger partial charge is 0.150 e. The number of imidazole rings is 1. The van der Waals surface area contributed by atoms with Crippen LogP contribution in [0.1, 0.15) is 42.3 Å². The molecule has 1 aliphatic rings. The van der Waals surface area contributed by atoms with Gasteiger partial charge in [0.05, 0.1) is 33.4 Å². The molecular formula is C47H36FN5. The van der Waals surface area contributed by atoms with E-state index >= 15 is 4.39 Å². The van der Waals surface area contributed by atoms with Gasteiger partial charge in [-0.1, -0.05) is 98.8 Å². The molecule has 0 saturated carbocycles. The summed E-state index contributed by atoms with van der Waals surface area (Å²) in [6.07, 6.45) is 0.467. The zero-order valence-corrected chi connectivity index (χ0v) is 29.7. The van der Waals surface area contributed by atoms with Crippen molar-refractivity contribution in [2.45, 2.75) is 25.4 Å². The first kappa shape index (κ1) is 31.2. The van der Waals surface area contributed by atoms with E-state index in [2.05, 4.69) is 107 Å². The minimum atomic E-state index is -1.35. The van der Waals surface area contributed by atoms with Crippen LogP contribution in [0.5, 0.6) is 0 Å². The third kappa shape index (κ3) is 4.75. The van der Waals surface area contributed by atoms with Gasteiger partial charge in [0.1, 0.15) is 11.6 Å². The lowest BCUT2D eigenvalue weighted by atomic mass is 9.73. The van der Waals surface area contributed by atoms with Crippen molar-refractivity contribution in [1.29, 1.82) is 0 Å². The molecule has 0 radical (unpaired) electrons. The Morgan fingerprint density at radius 1 is 0.604 bits per heavy atom. The maximum atomic E-state index is 16.9. The normalized spacial score (nSPS) is 14.1. The summed E-state index contributed by atoms with van der Waals surface area (Å²) in [6.45, 7) is 4.62. The average Bonchev–Trinajstić information content (AvgIpc) is 3.71. The van der Waals surface area contributed by atoms with Gasteiger partial charge in [-0.3, -0.25) is 4.57 Å². The molecule has 0 aliphatic carbocycles. The van der Waals surface area contributed by atoms with E-state index in [1.165, 1.54) is 16.8 Å². The second kappa shape index (κ2) is 11.8. The third-order valence-corrected chi connectivity index (χ3v) is 11.1. The molecule has 0 N–H and O–H groups in total. The molecule has 0 amide bonds. The molecule has 6 aromatic carbocycles. The van der Waals surface area contributed by atoms with Crippen LogP contribution in [0.15, 0.2) is 158 Å². The van der Waals surface area contributed by atoms with Crippen molar-refractivity contribution >= 4 is 49.9 Å². The maximum Gasteiger partial charge on any atom is 0.150 e. The van der Waals surface area contributed by atoms with Crippen LogP contribution >= 0.6 is 0 Å². The van der Waals surface area contributed by atoms with E-state index in [0.717, 1.165) is 61.4 Å². The topological polar surface area (TPSA) is 38.9 Å². The van der Waals surface area contributed by atoms with E-state index < -0.39 is 6.17 Å². The fourth-order valence-corrected chi connectivity index (χ4v) is 8.40. The van der Waals surface area contributed by atoms with E-state index in [1.807, 2.05) is 86.0 Å². The molecule has 1 aliphatic heterocycles. The van der Waals surface area contributed by atoms with Crippen LogP contribution in [0.2, 0.25) is 0 Å². The van der Waals surface area contributed by atoms with Gasteiger partial charge in [0.2, 0.25) is 0 Å². The molecule has 4 heterocycles. The minimum absolute atomic E-state index is 0.265. The molecule has 53 heavy (non-hydrogen) atoms. The van der Waals surface area contributed by atoms with Crippen LogP contribution in [0, 0.1) is 0 Å². The Bertz CT molecular complexity index is 2850. The first-order valence-corrected chi connectivity index (χ1v) is 18.0. The fraction of sp³-hybridized carbons (Fsp3) is 0.106. The first-order valence-electron chi connectivity index (χ1n) is 18.0. The number of nitrogens with zero attached hydrogens (tertiary/aromatic N) is 5. The predicted octanol–water partition coefficient (Wildman–Crippen LogP) is 11.9. The van der Waals surface area contributed by atoms with Gasteiger partial charge >= 0.3 is 0 Å². The summed E-state index contributed by atoms with van der Waals surface area (Å²) in [6, 6.07) is 51.6. The molecule has 0 spiro atoms. The van der Waals surface area contributed by atoms with E-state index in [9.17, 15) is 0 Å².